The van der Waals surface area contributed by atoms with Crippen molar-refractivity contribution in [3.63, 3.8) is 0 Å². The van der Waals surface area contributed by atoms with E-state index in [0.29, 0.717) is 0 Å². The molecular formula is C46H32N2. The minimum atomic E-state index is 1.11. The fraction of sp³-hybridized carbons (Fsp3) is 0. The van der Waals surface area contributed by atoms with Crippen molar-refractivity contribution in [3.8, 4) is 27.9 Å². The fourth-order valence-electron chi connectivity index (χ4n) is 7.07. The fourth-order valence-corrected chi connectivity index (χ4v) is 7.07. The second kappa shape index (κ2) is 11.8. The number of nitrogens with zero attached hydrogens (tertiary/aromatic N) is 2. The highest BCUT2D eigenvalue weighted by molar-refractivity contribution is 6.10. The topological polar surface area (TPSA) is 8.17 Å². The average Bonchev–Trinajstić information content (AvgIpc) is 3.50. The molecule has 0 saturated heterocycles. The lowest BCUT2D eigenvalue weighted by Gasteiger charge is -2.27. The zero-order valence-corrected chi connectivity index (χ0v) is 26.4. The largest absolute Gasteiger partial charge is 0.310 e. The number of aromatic nitrogens is 1. The zero-order valence-electron chi connectivity index (χ0n) is 26.4. The highest BCUT2D eigenvalue weighted by Crippen LogP contribution is 2.41. The highest BCUT2D eigenvalue weighted by Gasteiger charge is 2.17. The maximum Gasteiger partial charge on any atom is 0.0547 e. The summed E-state index contributed by atoms with van der Waals surface area (Å²) >= 11 is 0. The van der Waals surface area contributed by atoms with Gasteiger partial charge in [-0.1, -0.05) is 140 Å². The van der Waals surface area contributed by atoms with E-state index in [1.807, 2.05) is 0 Å². The van der Waals surface area contributed by atoms with Crippen LogP contribution in [0.5, 0.6) is 0 Å². The predicted octanol–water partition coefficient (Wildman–Crippen LogP) is 12.7. The van der Waals surface area contributed by atoms with Gasteiger partial charge >= 0.3 is 0 Å². The molecule has 0 amide bonds. The van der Waals surface area contributed by atoms with Crippen LogP contribution in [0.25, 0.3) is 60.5 Å². The minimum absolute atomic E-state index is 1.11. The lowest BCUT2D eigenvalue weighted by atomic mass is 10.0. The molecule has 1 aromatic heterocycles. The summed E-state index contributed by atoms with van der Waals surface area (Å²) in [5.74, 6) is 0. The summed E-state index contributed by atoms with van der Waals surface area (Å²) in [5.41, 5.74) is 11.8. The number of benzene rings is 8. The molecule has 0 bridgehead atoms. The second-order valence-electron chi connectivity index (χ2n) is 12.2. The molecule has 0 aliphatic rings. The zero-order chi connectivity index (χ0) is 31.9. The molecule has 0 saturated carbocycles. The Morgan fingerprint density at radius 1 is 0.333 bits per heavy atom. The molecule has 0 spiro atoms. The van der Waals surface area contributed by atoms with E-state index >= 15 is 0 Å². The first-order valence-electron chi connectivity index (χ1n) is 16.4. The van der Waals surface area contributed by atoms with Crippen molar-refractivity contribution < 1.29 is 0 Å². The molecule has 0 atom stereocenters. The van der Waals surface area contributed by atoms with Gasteiger partial charge in [0.1, 0.15) is 0 Å². The normalized spacial score (nSPS) is 11.3. The Labute approximate surface area is 280 Å². The standard InChI is InChI=1S/C46H32N2/c1-3-12-33(13-4-1)34-22-27-39(28-23-34)47(44-21-11-15-36-14-7-8-18-41(36)44)40-29-24-35(25-30-40)37-26-31-43-42-19-9-10-20-45(42)48(46(43)32-37)38-16-5-2-6-17-38/h1-32H. The van der Waals surface area contributed by atoms with Gasteiger partial charge in [-0.25, -0.2) is 0 Å². The van der Waals surface area contributed by atoms with Gasteiger partial charge in [0, 0.05) is 33.2 Å². The third kappa shape index (κ3) is 4.83. The summed E-state index contributed by atoms with van der Waals surface area (Å²) in [4.78, 5) is 2.37. The second-order valence-corrected chi connectivity index (χ2v) is 12.2. The van der Waals surface area contributed by atoms with Crippen LogP contribution >= 0.6 is 0 Å². The van der Waals surface area contributed by atoms with Gasteiger partial charge in [0.15, 0.2) is 0 Å². The van der Waals surface area contributed by atoms with E-state index in [2.05, 4.69) is 204 Å². The molecule has 0 radical (unpaired) electrons. The van der Waals surface area contributed by atoms with E-state index in [0.717, 1.165) is 17.1 Å². The molecule has 0 N–H and O–H groups in total. The molecule has 2 heteroatoms. The van der Waals surface area contributed by atoms with Gasteiger partial charge in [-0.2, -0.15) is 0 Å². The number of fused-ring (bicyclic) bond motifs is 4. The molecular weight excluding hydrogens is 581 g/mol. The monoisotopic (exact) mass is 612 g/mol. The van der Waals surface area contributed by atoms with Crippen molar-refractivity contribution in [1.82, 2.24) is 4.57 Å². The van der Waals surface area contributed by atoms with Gasteiger partial charge in [0.25, 0.3) is 0 Å². The summed E-state index contributed by atoms with van der Waals surface area (Å²) in [6.45, 7) is 0. The summed E-state index contributed by atoms with van der Waals surface area (Å²) in [7, 11) is 0. The van der Waals surface area contributed by atoms with Crippen LogP contribution < -0.4 is 4.90 Å². The quantitative estimate of drug-likeness (QED) is 0.181. The van der Waals surface area contributed by atoms with E-state index < -0.39 is 0 Å². The van der Waals surface area contributed by atoms with Crippen LogP contribution in [0.15, 0.2) is 194 Å². The Morgan fingerprint density at radius 2 is 0.854 bits per heavy atom. The van der Waals surface area contributed by atoms with Crippen molar-refractivity contribution in [2.45, 2.75) is 0 Å². The summed E-state index contributed by atoms with van der Waals surface area (Å²) in [6, 6.07) is 69.8. The highest BCUT2D eigenvalue weighted by atomic mass is 15.1. The number of hydrogen-bond acceptors (Lipinski definition) is 1. The van der Waals surface area contributed by atoms with Gasteiger partial charge < -0.3 is 9.47 Å². The molecule has 0 fully saturated rings. The SMILES string of the molecule is c1ccc(-c2ccc(N(c3ccc(-c4ccc5c6ccccc6n(-c6ccccc6)c5c4)cc3)c3cccc4ccccc34)cc2)cc1. The Balaban J connectivity index is 1.15. The van der Waals surface area contributed by atoms with E-state index in [1.54, 1.807) is 0 Å². The van der Waals surface area contributed by atoms with Gasteiger partial charge in [-0.05, 0) is 82.2 Å². The molecule has 1 heterocycles. The lowest BCUT2D eigenvalue weighted by Crippen LogP contribution is -2.10. The first-order chi connectivity index (χ1) is 23.8. The van der Waals surface area contributed by atoms with Gasteiger partial charge in [-0.3, -0.25) is 0 Å². The Hall–Kier alpha value is -6.38. The first-order valence-corrected chi connectivity index (χ1v) is 16.4. The van der Waals surface area contributed by atoms with Gasteiger partial charge in [0.05, 0.1) is 16.7 Å². The Bertz CT molecular complexity index is 2520. The number of hydrogen-bond donors (Lipinski definition) is 0. The Morgan fingerprint density at radius 3 is 1.58 bits per heavy atom. The van der Waals surface area contributed by atoms with E-state index in [-0.39, 0.29) is 0 Å². The number of rotatable bonds is 6. The Kier molecular flexibility index (Phi) is 6.84. The maximum absolute atomic E-state index is 2.38. The third-order valence-corrected chi connectivity index (χ3v) is 9.39. The van der Waals surface area contributed by atoms with Crippen LogP contribution in [0.2, 0.25) is 0 Å². The van der Waals surface area contributed by atoms with Crippen LogP contribution in [0, 0.1) is 0 Å². The van der Waals surface area contributed by atoms with Crippen molar-refractivity contribution in [1.29, 1.82) is 0 Å². The van der Waals surface area contributed by atoms with Crippen LogP contribution in [0.3, 0.4) is 0 Å². The number of para-hydroxylation sites is 2. The van der Waals surface area contributed by atoms with Crippen LogP contribution in [0.1, 0.15) is 0 Å². The molecule has 0 aliphatic carbocycles. The predicted molar refractivity (Wildman–Crippen MR) is 204 cm³/mol. The molecule has 0 aliphatic heterocycles. The minimum Gasteiger partial charge on any atom is -0.310 e. The summed E-state index contributed by atoms with van der Waals surface area (Å²) in [6.07, 6.45) is 0. The average molecular weight is 613 g/mol. The molecule has 0 unspecified atom stereocenters. The van der Waals surface area contributed by atoms with Crippen LogP contribution in [-0.2, 0) is 0 Å². The van der Waals surface area contributed by atoms with Crippen molar-refractivity contribution in [2.24, 2.45) is 0 Å². The van der Waals surface area contributed by atoms with E-state index in [9.17, 15) is 0 Å². The number of anilines is 3. The first kappa shape index (κ1) is 27.9. The van der Waals surface area contributed by atoms with Gasteiger partial charge in [0.2, 0.25) is 0 Å². The van der Waals surface area contributed by atoms with E-state index in [4.69, 9.17) is 0 Å². The van der Waals surface area contributed by atoms with Crippen LogP contribution in [-0.4, -0.2) is 4.57 Å². The molecule has 9 aromatic rings. The molecule has 2 nitrogen and oxygen atoms in total. The molecule has 9 rings (SSSR count). The third-order valence-electron chi connectivity index (χ3n) is 9.39. The maximum atomic E-state index is 2.38. The molecule has 48 heavy (non-hydrogen) atoms. The summed E-state index contributed by atoms with van der Waals surface area (Å²) < 4.78 is 2.38. The van der Waals surface area contributed by atoms with Gasteiger partial charge in [-0.15, -0.1) is 0 Å². The van der Waals surface area contributed by atoms with Crippen molar-refractivity contribution >= 4 is 49.6 Å². The van der Waals surface area contributed by atoms with E-state index in [1.165, 1.54) is 60.5 Å². The summed E-state index contributed by atoms with van der Waals surface area (Å²) in [5, 5.41) is 4.97. The van der Waals surface area contributed by atoms with Crippen molar-refractivity contribution in [2.75, 3.05) is 4.90 Å². The molecule has 8 aromatic carbocycles. The van der Waals surface area contributed by atoms with Crippen molar-refractivity contribution in [3.05, 3.63) is 194 Å². The lowest BCUT2D eigenvalue weighted by molar-refractivity contribution is 1.18. The molecule has 226 valence electrons. The smallest absolute Gasteiger partial charge is 0.0547 e. The van der Waals surface area contributed by atoms with Crippen LogP contribution in [0.4, 0.5) is 17.1 Å².